The van der Waals surface area contributed by atoms with Crippen LogP contribution in [-0.2, 0) is 17.8 Å². The molecular formula is C23H24FN5O3S. The summed E-state index contributed by atoms with van der Waals surface area (Å²) >= 11 is 1.25. The number of rotatable bonds is 11. The fourth-order valence-electron chi connectivity index (χ4n) is 2.98. The van der Waals surface area contributed by atoms with Crippen molar-refractivity contribution in [3.05, 3.63) is 78.4 Å². The molecule has 2 N–H and O–H groups in total. The number of benzene rings is 2. The van der Waals surface area contributed by atoms with E-state index < -0.39 is 11.7 Å². The van der Waals surface area contributed by atoms with Crippen molar-refractivity contribution in [3.63, 3.8) is 0 Å². The van der Waals surface area contributed by atoms with Crippen LogP contribution in [0.2, 0.25) is 0 Å². The fraction of sp³-hybridized carbons (Fsp3) is 0.217. The summed E-state index contributed by atoms with van der Waals surface area (Å²) in [6, 6.07) is 12.9. The fourth-order valence-corrected chi connectivity index (χ4v) is 3.75. The lowest BCUT2D eigenvalue weighted by Crippen LogP contribution is -2.27. The number of nitrogens with zero attached hydrogens (tertiary/aromatic N) is 3. The number of thioether (sulfide) groups is 1. The molecule has 0 saturated carbocycles. The summed E-state index contributed by atoms with van der Waals surface area (Å²) in [4.78, 5) is 24.5. The number of ether oxygens (including phenoxy) is 1. The van der Waals surface area contributed by atoms with Crippen LogP contribution in [0, 0.1) is 5.82 Å². The summed E-state index contributed by atoms with van der Waals surface area (Å²) in [6.45, 7) is 4.46. The number of carbonyl (C=O) groups excluding carboxylic acids is 2. The van der Waals surface area contributed by atoms with Crippen molar-refractivity contribution in [1.82, 2.24) is 20.1 Å². The minimum Gasteiger partial charge on any atom is -0.497 e. The molecule has 0 saturated heterocycles. The van der Waals surface area contributed by atoms with Crippen molar-refractivity contribution in [3.8, 4) is 5.75 Å². The van der Waals surface area contributed by atoms with Gasteiger partial charge in [-0.2, -0.15) is 0 Å². The first-order valence-electron chi connectivity index (χ1n) is 10.1. The van der Waals surface area contributed by atoms with E-state index in [1.165, 1.54) is 30.0 Å². The Labute approximate surface area is 195 Å². The van der Waals surface area contributed by atoms with Crippen LogP contribution in [0.5, 0.6) is 5.75 Å². The Hall–Kier alpha value is -3.66. The van der Waals surface area contributed by atoms with Crippen LogP contribution in [0.25, 0.3) is 0 Å². The summed E-state index contributed by atoms with van der Waals surface area (Å²) in [5, 5.41) is 14.4. The summed E-state index contributed by atoms with van der Waals surface area (Å²) in [5.41, 5.74) is 0.627. The average Bonchev–Trinajstić information content (AvgIpc) is 3.19. The van der Waals surface area contributed by atoms with Crippen LogP contribution in [0.3, 0.4) is 0 Å². The molecule has 2 aromatic carbocycles. The van der Waals surface area contributed by atoms with Crippen LogP contribution in [0.15, 0.2) is 66.3 Å². The molecule has 1 aromatic heterocycles. The van der Waals surface area contributed by atoms with E-state index in [1.807, 2.05) is 4.57 Å². The van der Waals surface area contributed by atoms with Crippen LogP contribution in [0.4, 0.5) is 10.1 Å². The van der Waals surface area contributed by atoms with E-state index in [2.05, 4.69) is 27.4 Å². The van der Waals surface area contributed by atoms with Gasteiger partial charge < -0.3 is 19.9 Å². The van der Waals surface area contributed by atoms with Gasteiger partial charge in [0.25, 0.3) is 5.91 Å². The van der Waals surface area contributed by atoms with Gasteiger partial charge in [-0.05, 0) is 24.3 Å². The highest BCUT2D eigenvalue weighted by Crippen LogP contribution is 2.20. The molecule has 1 heterocycles. The summed E-state index contributed by atoms with van der Waals surface area (Å²) in [5.74, 6) is 0.149. The topological polar surface area (TPSA) is 98.1 Å². The van der Waals surface area contributed by atoms with Gasteiger partial charge in [0, 0.05) is 31.3 Å². The highest BCUT2D eigenvalue weighted by molar-refractivity contribution is 7.99. The van der Waals surface area contributed by atoms with Gasteiger partial charge in [0.1, 0.15) is 17.4 Å². The highest BCUT2D eigenvalue weighted by Gasteiger charge is 2.15. The molecule has 10 heteroatoms. The van der Waals surface area contributed by atoms with Gasteiger partial charge in [0.05, 0.1) is 18.4 Å². The molecular weight excluding hydrogens is 445 g/mol. The molecule has 0 fully saturated rings. The van der Waals surface area contributed by atoms with E-state index in [1.54, 1.807) is 43.5 Å². The molecule has 0 unspecified atom stereocenters. The van der Waals surface area contributed by atoms with Crippen LogP contribution in [-0.4, -0.2) is 46.0 Å². The molecule has 0 bridgehead atoms. The van der Waals surface area contributed by atoms with Crippen molar-refractivity contribution >= 4 is 29.3 Å². The minimum absolute atomic E-state index is 0.0108. The van der Waals surface area contributed by atoms with E-state index in [0.29, 0.717) is 35.4 Å². The molecule has 0 radical (unpaired) electrons. The van der Waals surface area contributed by atoms with Crippen molar-refractivity contribution in [2.75, 3.05) is 24.7 Å². The molecule has 0 aliphatic carbocycles. The number of hydrogen-bond donors (Lipinski definition) is 2. The molecule has 0 atom stereocenters. The maximum absolute atomic E-state index is 13.7. The number of halogens is 1. The van der Waals surface area contributed by atoms with Gasteiger partial charge >= 0.3 is 0 Å². The Bertz CT molecular complexity index is 1130. The number of aromatic nitrogens is 3. The lowest BCUT2D eigenvalue weighted by atomic mass is 10.2. The largest absolute Gasteiger partial charge is 0.497 e. The molecule has 3 rings (SSSR count). The van der Waals surface area contributed by atoms with Gasteiger partial charge in [-0.25, -0.2) is 4.39 Å². The number of methoxy groups -OCH3 is 1. The summed E-state index contributed by atoms with van der Waals surface area (Å²) < 4.78 is 20.7. The predicted molar refractivity (Wildman–Crippen MR) is 125 cm³/mol. The van der Waals surface area contributed by atoms with E-state index in [0.717, 1.165) is 0 Å². The molecule has 0 aliphatic heterocycles. The van der Waals surface area contributed by atoms with Crippen molar-refractivity contribution < 1.29 is 18.7 Å². The standard InChI is InChI=1S/C23H24FN5O3S/c1-3-13-29-20(11-12-25-22(31)18-9-4-5-10-19(18)24)27-28-23(29)33-15-21(30)26-16-7-6-8-17(14-16)32-2/h3-10,14H,1,11-13,15H2,2H3,(H,25,31)(H,26,30). The first-order chi connectivity index (χ1) is 16.0. The molecule has 0 aliphatic rings. The van der Waals surface area contributed by atoms with E-state index >= 15 is 0 Å². The maximum atomic E-state index is 13.7. The molecule has 0 spiro atoms. The second-order valence-corrected chi connectivity index (χ2v) is 7.80. The van der Waals surface area contributed by atoms with Crippen LogP contribution >= 0.6 is 11.8 Å². The van der Waals surface area contributed by atoms with E-state index in [9.17, 15) is 14.0 Å². The highest BCUT2D eigenvalue weighted by atomic mass is 32.2. The summed E-state index contributed by atoms with van der Waals surface area (Å²) in [7, 11) is 1.56. The quantitative estimate of drug-likeness (QED) is 0.330. The van der Waals surface area contributed by atoms with Gasteiger partial charge in [-0.1, -0.05) is 36.0 Å². The second-order valence-electron chi connectivity index (χ2n) is 6.85. The van der Waals surface area contributed by atoms with Crippen molar-refractivity contribution in [2.45, 2.75) is 18.1 Å². The summed E-state index contributed by atoms with van der Waals surface area (Å²) in [6.07, 6.45) is 2.09. The third kappa shape index (κ3) is 6.66. The number of anilines is 1. The third-order valence-corrected chi connectivity index (χ3v) is 5.51. The lowest BCUT2D eigenvalue weighted by Gasteiger charge is -2.09. The Morgan fingerprint density at radius 3 is 2.79 bits per heavy atom. The van der Waals surface area contributed by atoms with Crippen LogP contribution in [0.1, 0.15) is 16.2 Å². The molecule has 3 aromatic rings. The maximum Gasteiger partial charge on any atom is 0.254 e. The Morgan fingerprint density at radius 2 is 2.03 bits per heavy atom. The second kappa shape index (κ2) is 11.8. The number of amides is 2. The third-order valence-electron chi connectivity index (χ3n) is 4.54. The van der Waals surface area contributed by atoms with Gasteiger partial charge in [0.15, 0.2) is 5.16 Å². The van der Waals surface area contributed by atoms with Gasteiger partial charge in [0.2, 0.25) is 5.91 Å². The monoisotopic (exact) mass is 469 g/mol. The molecule has 2 amide bonds. The van der Waals surface area contributed by atoms with Crippen molar-refractivity contribution in [2.24, 2.45) is 0 Å². The van der Waals surface area contributed by atoms with Crippen molar-refractivity contribution in [1.29, 1.82) is 0 Å². The van der Waals surface area contributed by atoms with E-state index in [4.69, 9.17) is 4.74 Å². The Morgan fingerprint density at radius 1 is 1.21 bits per heavy atom. The SMILES string of the molecule is C=CCn1c(CCNC(=O)c2ccccc2F)nnc1SCC(=O)Nc1cccc(OC)c1. The number of carbonyl (C=O) groups is 2. The zero-order valence-corrected chi connectivity index (χ0v) is 18.9. The minimum atomic E-state index is -0.573. The predicted octanol–water partition coefficient (Wildman–Crippen LogP) is 3.32. The van der Waals surface area contributed by atoms with Gasteiger partial charge in [-0.15, -0.1) is 16.8 Å². The number of hydrogen-bond acceptors (Lipinski definition) is 6. The zero-order valence-electron chi connectivity index (χ0n) is 18.1. The first-order valence-corrected chi connectivity index (χ1v) is 11.1. The molecule has 8 nitrogen and oxygen atoms in total. The first kappa shape index (κ1) is 24.0. The average molecular weight is 470 g/mol. The van der Waals surface area contributed by atoms with E-state index in [-0.39, 0.29) is 23.8 Å². The molecule has 33 heavy (non-hydrogen) atoms. The Kier molecular flexibility index (Phi) is 8.59. The smallest absolute Gasteiger partial charge is 0.254 e. The van der Waals surface area contributed by atoms with Gasteiger partial charge in [-0.3, -0.25) is 9.59 Å². The zero-order chi connectivity index (χ0) is 23.6. The Balaban J connectivity index is 1.56. The van der Waals surface area contributed by atoms with Crippen LogP contribution < -0.4 is 15.4 Å². The lowest BCUT2D eigenvalue weighted by molar-refractivity contribution is -0.113. The normalized spacial score (nSPS) is 10.5. The number of nitrogens with one attached hydrogen (secondary N) is 2. The number of allylic oxidation sites excluding steroid dienone is 1. The molecule has 172 valence electrons.